The molecule has 0 fully saturated rings. The molecule has 1 amide bonds. The largest absolute Gasteiger partial charge is 0.497 e. The van der Waals surface area contributed by atoms with E-state index in [0.29, 0.717) is 27.9 Å². The Balaban J connectivity index is 1.32. The quantitative estimate of drug-likeness (QED) is 0.482. The fourth-order valence-electron chi connectivity index (χ4n) is 3.37. The lowest BCUT2D eigenvalue weighted by atomic mass is 10.1. The van der Waals surface area contributed by atoms with E-state index in [1.807, 2.05) is 30.1 Å². The van der Waals surface area contributed by atoms with E-state index in [4.69, 9.17) is 14.2 Å². The van der Waals surface area contributed by atoms with Crippen LogP contribution in [0.15, 0.2) is 52.9 Å². The zero-order valence-electron chi connectivity index (χ0n) is 19.0. The van der Waals surface area contributed by atoms with Gasteiger partial charge in [-0.3, -0.25) is 15.1 Å². The Hall–Kier alpha value is -3.92. The summed E-state index contributed by atoms with van der Waals surface area (Å²) in [7, 11) is 3.15. The Bertz CT molecular complexity index is 1220. The summed E-state index contributed by atoms with van der Waals surface area (Å²) in [5, 5.41) is 11.2. The maximum atomic E-state index is 12.3. The van der Waals surface area contributed by atoms with Crippen LogP contribution in [0.2, 0.25) is 0 Å². The van der Waals surface area contributed by atoms with Crippen molar-refractivity contribution in [2.75, 3.05) is 37.7 Å². The van der Waals surface area contributed by atoms with E-state index >= 15 is 0 Å². The minimum absolute atomic E-state index is 0.359. The van der Waals surface area contributed by atoms with Crippen LogP contribution in [-0.4, -0.2) is 49.9 Å². The van der Waals surface area contributed by atoms with Gasteiger partial charge in [0.2, 0.25) is 0 Å². The minimum atomic E-state index is -0.580. The van der Waals surface area contributed by atoms with Crippen LogP contribution in [0.25, 0.3) is 11.3 Å². The lowest BCUT2D eigenvalue weighted by Crippen LogP contribution is -2.21. The Labute approximate surface area is 201 Å². The van der Waals surface area contributed by atoms with Crippen LogP contribution in [-0.2, 0) is 9.53 Å². The predicted octanol–water partition coefficient (Wildman–Crippen LogP) is 4.21. The van der Waals surface area contributed by atoms with E-state index in [9.17, 15) is 9.59 Å². The number of nitrogens with zero attached hydrogens (tertiary/aromatic N) is 3. The van der Waals surface area contributed by atoms with Gasteiger partial charge in [-0.15, -0.1) is 11.3 Å². The van der Waals surface area contributed by atoms with E-state index < -0.39 is 18.5 Å². The summed E-state index contributed by atoms with van der Waals surface area (Å²) in [5.41, 5.74) is 3.70. The maximum Gasteiger partial charge on any atom is 0.338 e. The highest BCUT2D eigenvalue weighted by Gasteiger charge is 2.16. The van der Waals surface area contributed by atoms with Gasteiger partial charge in [-0.25, -0.2) is 9.78 Å². The molecular weight excluding hydrogens is 456 g/mol. The number of hydrazone groups is 1. The van der Waals surface area contributed by atoms with Crippen molar-refractivity contribution < 1.29 is 23.8 Å². The van der Waals surface area contributed by atoms with Crippen molar-refractivity contribution in [2.45, 2.75) is 13.3 Å². The molecule has 0 spiro atoms. The summed E-state index contributed by atoms with van der Waals surface area (Å²) in [6.07, 6.45) is 0.923. The van der Waals surface area contributed by atoms with Crippen LogP contribution < -0.4 is 19.8 Å². The Morgan fingerprint density at radius 1 is 1.12 bits per heavy atom. The highest BCUT2D eigenvalue weighted by atomic mass is 32.1. The molecule has 10 heteroatoms. The lowest BCUT2D eigenvalue weighted by Gasteiger charge is -2.13. The molecule has 2 aromatic carbocycles. The van der Waals surface area contributed by atoms with E-state index in [-0.39, 0.29) is 0 Å². The first-order chi connectivity index (χ1) is 16.5. The van der Waals surface area contributed by atoms with Gasteiger partial charge in [-0.2, -0.15) is 5.10 Å². The number of rotatable bonds is 8. The molecule has 1 aromatic heterocycles. The number of benzene rings is 2. The van der Waals surface area contributed by atoms with Gasteiger partial charge in [0.25, 0.3) is 5.91 Å². The topological polar surface area (TPSA) is 102 Å². The maximum absolute atomic E-state index is 12.3. The van der Waals surface area contributed by atoms with Crippen molar-refractivity contribution in [3.63, 3.8) is 0 Å². The second-order valence-electron chi connectivity index (χ2n) is 7.48. The monoisotopic (exact) mass is 480 g/mol. The summed E-state index contributed by atoms with van der Waals surface area (Å²) in [6, 6.07) is 12.3. The van der Waals surface area contributed by atoms with Crippen molar-refractivity contribution in [1.82, 2.24) is 4.98 Å². The van der Waals surface area contributed by atoms with Gasteiger partial charge in [0.1, 0.15) is 11.5 Å². The average molecular weight is 481 g/mol. The highest BCUT2D eigenvalue weighted by Crippen LogP contribution is 2.35. The van der Waals surface area contributed by atoms with Gasteiger partial charge in [-0.05, 0) is 49.4 Å². The fourth-order valence-corrected chi connectivity index (χ4v) is 4.10. The van der Waals surface area contributed by atoms with Crippen LogP contribution in [0.5, 0.6) is 11.5 Å². The molecule has 0 unspecified atom stereocenters. The average Bonchev–Trinajstić information content (AvgIpc) is 3.51. The van der Waals surface area contributed by atoms with Crippen LogP contribution in [0, 0.1) is 0 Å². The molecule has 0 saturated heterocycles. The zero-order chi connectivity index (χ0) is 24.1. The molecule has 9 nitrogen and oxygen atoms in total. The molecule has 0 saturated carbocycles. The van der Waals surface area contributed by atoms with Crippen LogP contribution in [0.1, 0.15) is 23.7 Å². The first kappa shape index (κ1) is 23.2. The Morgan fingerprint density at radius 2 is 1.91 bits per heavy atom. The number of carbonyl (C=O) groups excluding carboxylic acids is 2. The molecule has 1 aliphatic heterocycles. The standard InChI is InChI=1S/C24H24N4O5S/c1-15-10-11-28(27-15)17-6-4-16(5-7-17)23(30)33-13-22(29)26-24-25-20(14-34-24)19-12-18(31-2)8-9-21(19)32-3/h4-9,12,14H,10-11,13H2,1-3H3,(H,25,26,29). The molecule has 1 aliphatic rings. The first-order valence-electron chi connectivity index (χ1n) is 10.5. The molecule has 4 rings (SSSR count). The van der Waals surface area contributed by atoms with Crippen molar-refractivity contribution in [2.24, 2.45) is 5.10 Å². The van der Waals surface area contributed by atoms with E-state index in [1.54, 1.807) is 43.9 Å². The van der Waals surface area contributed by atoms with Crippen LogP contribution in [0.4, 0.5) is 10.8 Å². The summed E-state index contributed by atoms with van der Waals surface area (Å²) in [4.78, 5) is 29.1. The number of hydrogen-bond acceptors (Lipinski definition) is 9. The number of aromatic nitrogens is 1. The molecule has 1 N–H and O–H groups in total. The predicted molar refractivity (Wildman–Crippen MR) is 131 cm³/mol. The highest BCUT2D eigenvalue weighted by molar-refractivity contribution is 7.14. The first-order valence-corrected chi connectivity index (χ1v) is 11.4. The number of carbonyl (C=O) groups is 2. The number of ether oxygens (including phenoxy) is 3. The summed E-state index contributed by atoms with van der Waals surface area (Å²) >= 11 is 1.25. The van der Waals surface area contributed by atoms with Crippen molar-refractivity contribution in [1.29, 1.82) is 0 Å². The molecule has 34 heavy (non-hydrogen) atoms. The van der Waals surface area contributed by atoms with E-state index in [2.05, 4.69) is 15.4 Å². The second-order valence-corrected chi connectivity index (χ2v) is 8.34. The van der Waals surface area contributed by atoms with Gasteiger partial charge in [-0.1, -0.05) is 0 Å². The number of nitrogens with one attached hydrogen (secondary N) is 1. The molecule has 0 bridgehead atoms. The Morgan fingerprint density at radius 3 is 2.59 bits per heavy atom. The van der Waals surface area contributed by atoms with Crippen molar-refractivity contribution in [3.05, 3.63) is 53.4 Å². The SMILES string of the molecule is COc1ccc(OC)c(-c2csc(NC(=O)COC(=O)c3ccc(N4CCC(C)=N4)cc3)n2)c1. The van der Waals surface area contributed by atoms with Gasteiger partial charge in [0.05, 0.1) is 31.2 Å². The molecule has 2 heterocycles. The number of amides is 1. The molecule has 0 radical (unpaired) electrons. The summed E-state index contributed by atoms with van der Waals surface area (Å²) < 4.78 is 15.8. The van der Waals surface area contributed by atoms with Gasteiger partial charge >= 0.3 is 5.97 Å². The smallest absolute Gasteiger partial charge is 0.338 e. The number of hydrogen-bond donors (Lipinski definition) is 1. The number of thiazole rings is 1. The van der Waals surface area contributed by atoms with Crippen LogP contribution in [0.3, 0.4) is 0 Å². The van der Waals surface area contributed by atoms with Gasteiger partial charge < -0.3 is 14.2 Å². The molecule has 3 aromatic rings. The summed E-state index contributed by atoms with van der Waals surface area (Å²) in [6.45, 7) is 2.38. The second kappa shape index (κ2) is 10.3. The van der Waals surface area contributed by atoms with E-state index in [0.717, 1.165) is 29.9 Å². The third-order valence-corrected chi connectivity index (χ3v) is 5.90. The number of esters is 1. The lowest BCUT2D eigenvalue weighted by molar-refractivity contribution is -0.119. The zero-order valence-corrected chi connectivity index (χ0v) is 19.8. The third kappa shape index (κ3) is 5.34. The molecule has 0 atom stereocenters. The van der Waals surface area contributed by atoms with Crippen molar-refractivity contribution in [3.8, 4) is 22.8 Å². The molecular formula is C24H24N4O5S. The fraction of sp³-hybridized carbons (Fsp3) is 0.250. The van der Waals surface area contributed by atoms with Gasteiger partial charge in [0, 0.05) is 29.6 Å². The number of methoxy groups -OCH3 is 2. The van der Waals surface area contributed by atoms with Gasteiger partial charge in [0.15, 0.2) is 11.7 Å². The normalized spacial score (nSPS) is 12.8. The molecule has 0 aliphatic carbocycles. The minimum Gasteiger partial charge on any atom is -0.497 e. The number of anilines is 2. The summed E-state index contributed by atoms with van der Waals surface area (Å²) in [5.74, 6) is 0.238. The molecule has 176 valence electrons. The van der Waals surface area contributed by atoms with E-state index in [1.165, 1.54) is 11.3 Å². The Kier molecular flexibility index (Phi) is 7.07. The third-order valence-electron chi connectivity index (χ3n) is 5.15. The van der Waals surface area contributed by atoms with Crippen molar-refractivity contribution >= 4 is 39.7 Å². The van der Waals surface area contributed by atoms with Crippen LogP contribution >= 0.6 is 11.3 Å².